The molecule has 2 rings (SSSR count). The zero-order valence-corrected chi connectivity index (χ0v) is 11.0. The Morgan fingerprint density at radius 1 is 1.29 bits per heavy atom. The molecule has 0 aromatic heterocycles. The summed E-state index contributed by atoms with van der Waals surface area (Å²) in [6.07, 6.45) is 9.23. The van der Waals surface area contributed by atoms with Crippen LogP contribution < -0.4 is 5.73 Å². The van der Waals surface area contributed by atoms with E-state index in [1.165, 1.54) is 38.5 Å². The second kappa shape index (κ2) is 5.85. The molecule has 2 fully saturated rings. The average molecular weight is 238 g/mol. The summed E-state index contributed by atoms with van der Waals surface area (Å²) in [4.78, 5) is 14.4. The van der Waals surface area contributed by atoms with Crippen LogP contribution in [0.5, 0.6) is 0 Å². The fourth-order valence-electron chi connectivity index (χ4n) is 3.43. The van der Waals surface area contributed by atoms with Crippen molar-refractivity contribution in [3.63, 3.8) is 0 Å². The largest absolute Gasteiger partial charge is 0.339 e. The molecule has 3 heteroatoms. The fraction of sp³-hybridized carbons (Fsp3) is 0.929. The zero-order chi connectivity index (χ0) is 12.3. The number of hydrogen-bond donors (Lipinski definition) is 1. The average Bonchev–Trinajstić information content (AvgIpc) is 2.35. The molecule has 0 aromatic rings. The quantitative estimate of drug-likeness (QED) is 0.820. The molecular formula is C14H26N2O. The monoisotopic (exact) mass is 238 g/mol. The third-order valence-electron chi connectivity index (χ3n) is 4.38. The Balaban J connectivity index is 1.91. The lowest BCUT2D eigenvalue weighted by Gasteiger charge is -2.44. The first-order valence-corrected chi connectivity index (χ1v) is 7.23. The highest BCUT2D eigenvalue weighted by molar-refractivity contribution is 5.76. The Bertz CT molecular complexity index is 263. The van der Waals surface area contributed by atoms with Crippen LogP contribution >= 0.6 is 0 Å². The molecule has 0 bridgehead atoms. The summed E-state index contributed by atoms with van der Waals surface area (Å²) in [6.45, 7) is 2.96. The van der Waals surface area contributed by atoms with Gasteiger partial charge in [0.1, 0.15) is 0 Å². The molecule has 1 heterocycles. The van der Waals surface area contributed by atoms with Crippen molar-refractivity contribution in [1.29, 1.82) is 0 Å². The van der Waals surface area contributed by atoms with Crippen molar-refractivity contribution in [2.45, 2.75) is 70.4 Å². The van der Waals surface area contributed by atoms with Crippen molar-refractivity contribution >= 4 is 5.91 Å². The van der Waals surface area contributed by atoms with Gasteiger partial charge in [-0.2, -0.15) is 0 Å². The van der Waals surface area contributed by atoms with Gasteiger partial charge in [-0.05, 0) is 44.9 Å². The van der Waals surface area contributed by atoms with Crippen LogP contribution in [0.4, 0.5) is 0 Å². The smallest absolute Gasteiger partial charge is 0.222 e. The number of likely N-dealkylation sites (tertiary alicyclic amines) is 1. The van der Waals surface area contributed by atoms with E-state index in [4.69, 9.17) is 5.73 Å². The van der Waals surface area contributed by atoms with Crippen LogP contribution in [-0.4, -0.2) is 29.4 Å². The maximum absolute atomic E-state index is 12.2. The highest BCUT2D eigenvalue weighted by atomic mass is 16.2. The molecule has 3 unspecified atom stereocenters. The molecule has 0 aromatic carbocycles. The van der Waals surface area contributed by atoms with E-state index in [1.54, 1.807) is 0 Å². The van der Waals surface area contributed by atoms with Crippen molar-refractivity contribution in [3.8, 4) is 0 Å². The van der Waals surface area contributed by atoms with Crippen molar-refractivity contribution in [1.82, 2.24) is 4.90 Å². The van der Waals surface area contributed by atoms with Gasteiger partial charge in [0, 0.05) is 25.0 Å². The summed E-state index contributed by atoms with van der Waals surface area (Å²) >= 11 is 0. The Morgan fingerprint density at radius 2 is 2.00 bits per heavy atom. The molecule has 1 saturated heterocycles. The molecule has 2 N–H and O–H groups in total. The lowest BCUT2D eigenvalue weighted by Crippen LogP contribution is -2.49. The van der Waals surface area contributed by atoms with Crippen molar-refractivity contribution in [3.05, 3.63) is 0 Å². The number of hydrogen-bond acceptors (Lipinski definition) is 2. The third-order valence-corrected chi connectivity index (χ3v) is 4.38. The topological polar surface area (TPSA) is 46.3 Å². The number of amides is 1. The minimum absolute atomic E-state index is 0.144. The fourth-order valence-corrected chi connectivity index (χ4v) is 3.43. The molecular weight excluding hydrogens is 212 g/mol. The summed E-state index contributed by atoms with van der Waals surface area (Å²) in [5, 5.41) is 0. The number of carbonyl (C=O) groups excluding carboxylic acids is 1. The van der Waals surface area contributed by atoms with Crippen LogP contribution in [-0.2, 0) is 4.79 Å². The number of rotatable bonds is 3. The van der Waals surface area contributed by atoms with Gasteiger partial charge in [0.2, 0.25) is 5.91 Å². The summed E-state index contributed by atoms with van der Waals surface area (Å²) in [5.41, 5.74) is 5.73. The lowest BCUT2D eigenvalue weighted by atomic mass is 9.78. The van der Waals surface area contributed by atoms with Gasteiger partial charge in [-0.3, -0.25) is 4.79 Å². The maximum atomic E-state index is 12.2. The standard InChI is InChI=1S/C14H26N2O/c1-11(15)8-9-14(17)16-10-4-6-12-5-2-3-7-13(12)16/h11-13H,2-10,15H2,1H3. The summed E-state index contributed by atoms with van der Waals surface area (Å²) < 4.78 is 0. The van der Waals surface area contributed by atoms with E-state index >= 15 is 0 Å². The van der Waals surface area contributed by atoms with Crippen LogP contribution in [0.25, 0.3) is 0 Å². The number of nitrogens with two attached hydrogens (primary N) is 1. The lowest BCUT2D eigenvalue weighted by molar-refractivity contribution is -0.137. The molecule has 1 saturated carbocycles. The molecule has 3 atom stereocenters. The van der Waals surface area contributed by atoms with E-state index in [-0.39, 0.29) is 6.04 Å². The number of fused-ring (bicyclic) bond motifs is 1. The molecule has 0 spiro atoms. The van der Waals surface area contributed by atoms with E-state index in [9.17, 15) is 4.79 Å². The summed E-state index contributed by atoms with van der Waals surface area (Å²) in [5.74, 6) is 1.13. The summed E-state index contributed by atoms with van der Waals surface area (Å²) in [6, 6.07) is 0.698. The second-order valence-corrected chi connectivity index (χ2v) is 5.86. The van der Waals surface area contributed by atoms with Gasteiger partial charge in [0.05, 0.1) is 0 Å². The van der Waals surface area contributed by atoms with Gasteiger partial charge in [-0.15, -0.1) is 0 Å². The Hall–Kier alpha value is -0.570. The summed E-state index contributed by atoms with van der Waals surface area (Å²) in [7, 11) is 0. The maximum Gasteiger partial charge on any atom is 0.222 e. The first kappa shape index (κ1) is 12.9. The van der Waals surface area contributed by atoms with Crippen molar-refractivity contribution < 1.29 is 4.79 Å². The molecule has 1 aliphatic carbocycles. The van der Waals surface area contributed by atoms with Gasteiger partial charge >= 0.3 is 0 Å². The second-order valence-electron chi connectivity index (χ2n) is 5.86. The van der Waals surface area contributed by atoms with E-state index in [0.29, 0.717) is 18.4 Å². The van der Waals surface area contributed by atoms with Crippen LogP contribution in [0.2, 0.25) is 0 Å². The Labute approximate surface area is 105 Å². The predicted octanol–water partition coefficient (Wildman–Crippen LogP) is 2.29. The van der Waals surface area contributed by atoms with Crippen LogP contribution in [0.1, 0.15) is 58.3 Å². The molecule has 17 heavy (non-hydrogen) atoms. The molecule has 1 amide bonds. The minimum Gasteiger partial charge on any atom is -0.339 e. The van der Waals surface area contributed by atoms with E-state index in [0.717, 1.165) is 18.9 Å². The van der Waals surface area contributed by atoms with Gasteiger partial charge in [-0.25, -0.2) is 0 Å². The third kappa shape index (κ3) is 3.21. The molecule has 1 aliphatic heterocycles. The Kier molecular flexibility index (Phi) is 4.43. The molecule has 98 valence electrons. The van der Waals surface area contributed by atoms with Gasteiger partial charge in [0.25, 0.3) is 0 Å². The molecule has 3 nitrogen and oxygen atoms in total. The zero-order valence-electron chi connectivity index (χ0n) is 11.0. The van der Waals surface area contributed by atoms with Crippen LogP contribution in [0.3, 0.4) is 0 Å². The number of piperidine rings is 1. The van der Waals surface area contributed by atoms with E-state index in [1.807, 2.05) is 6.92 Å². The van der Waals surface area contributed by atoms with E-state index < -0.39 is 0 Å². The van der Waals surface area contributed by atoms with Crippen molar-refractivity contribution in [2.75, 3.05) is 6.54 Å². The van der Waals surface area contributed by atoms with E-state index in [2.05, 4.69) is 4.90 Å². The highest BCUT2D eigenvalue weighted by Gasteiger charge is 2.35. The molecule has 0 radical (unpaired) electrons. The molecule has 2 aliphatic rings. The van der Waals surface area contributed by atoms with Gasteiger partial charge in [0.15, 0.2) is 0 Å². The SMILES string of the molecule is CC(N)CCC(=O)N1CCCC2CCCCC21. The predicted molar refractivity (Wildman–Crippen MR) is 69.6 cm³/mol. The normalized spacial score (nSPS) is 30.8. The first-order chi connectivity index (χ1) is 8.18. The van der Waals surface area contributed by atoms with Gasteiger partial charge in [-0.1, -0.05) is 12.8 Å². The van der Waals surface area contributed by atoms with Crippen LogP contribution in [0.15, 0.2) is 0 Å². The van der Waals surface area contributed by atoms with Gasteiger partial charge < -0.3 is 10.6 Å². The van der Waals surface area contributed by atoms with Crippen LogP contribution in [0, 0.1) is 5.92 Å². The number of nitrogens with zero attached hydrogens (tertiary/aromatic N) is 1. The number of carbonyl (C=O) groups is 1. The highest BCUT2D eigenvalue weighted by Crippen LogP contribution is 2.35. The van der Waals surface area contributed by atoms with Crippen molar-refractivity contribution in [2.24, 2.45) is 11.7 Å². The minimum atomic E-state index is 0.144. The Morgan fingerprint density at radius 3 is 2.76 bits per heavy atom. The first-order valence-electron chi connectivity index (χ1n) is 7.23.